The predicted octanol–water partition coefficient (Wildman–Crippen LogP) is 1.98. The molecule has 0 amide bonds. The van der Waals surface area contributed by atoms with Crippen LogP contribution < -0.4 is 14.4 Å². The van der Waals surface area contributed by atoms with Gasteiger partial charge in [-0.05, 0) is 25.2 Å². The largest absolute Gasteiger partial charge is 0.493 e. The highest BCUT2D eigenvalue weighted by atomic mass is 16.5. The number of rotatable bonds is 4. The van der Waals surface area contributed by atoms with Crippen LogP contribution in [0.25, 0.3) is 11.5 Å². The summed E-state index contributed by atoms with van der Waals surface area (Å²) < 4.78 is 16.5. The van der Waals surface area contributed by atoms with Crippen molar-refractivity contribution in [2.75, 3.05) is 52.3 Å². The van der Waals surface area contributed by atoms with Gasteiger partial charge in [0.1, 0.15) is 6.07 Å². The van der Waals surface area contributed by atoms with E-state index in [4.69, 9.17) is 13.9 Å². The number of likely N-dealkylation sites (N-methyl/N-ethyl adjacent to an activating group) is 1. The van der Waals surface area contributed by atoms with Crippen molar-refractivity contribution in [1.82, 2.24) is 9.88 Å². The van der Waals surface area contributed by atoms with Crippen LogP contribution in [-0.4, -0.2) is 57.3 Å². The van der Waals surface area contributed by atoms with E-state index in [1.54, 1.807) is 26.4 Å². The Morgan fingerprint density at radius 1 is 1.12 bits per heavy atom. The topological polar surface area (TPSA) is 74.8 Å². The summed E-state index contributed by atoms with van der Waals surface area (Å²) in [6, 6.07) is 7.55. The SMILES string of the molecule is COc1ccc(-c2nc(C#N)c(N3CCN(C)CC3)o2)cc1OC. The first-order valence-electron chi connectivity index (χ1n) is 7.73. The predicted molar refractivity (Wildman–Crippen MR) is 89.5 cm³/mol. The molecular formula is C17H20N4O3. The third-order valence-corrected chi connectivity index (χ3v) is 4.14. The Balaban J connectivity index is 1.94. The summed E-state index contributed by atoms with van der Waals surface area (Å²) in [5.74, 6) is 2.16. The molecule has 126 valence electrons. The van der Waals surface area contributed by atoms with Gasteiger partial charge in [-0.25, -0.2) is 0 Å². The van der Waals surface area contributed by atoms with Crippen LogP contribution in [-0.2, 0) is 0 Å². The van der Waals surface area contributed by atoms with E-state index < -0.39 is 0 Å². The van der Waals surface area contributed by atoms with Crippen LogP contribution in [0.3, 0.4) is 0 Å². The average Bonchev–Trinajstić information content (AvgIpc) is 3.06. The van der Waals surface area contributed by atoms with Crippen molar-refractivity contribution in [2.45, 2.75) is 0 Å². The van der Waals surface area contributed by atoms with Crippen molar-refractivity contribution in [2.24, 2.45) is 0 Å². The molecule has 24 heavy (non-hydrogen) atoms. The first-order chi connectivity index (χ1) is 11.7. The lowest BCUT2D eigenvalue weighted by atomic mass is 10.2. The van der Waals surface area contributed by atoms with Gasteiger partial charge in [0.2, 0.25) is 17.5 Å². The number of nitrogens with zero attached hydrogens (tertiary/aromatic N) is 4. The zero-order valence-electron chi connectivity index (χ0n) is 14.1. The second-order valence-electron chi connectivity index (χ2n) is 5.64. The number of ether oxygens (including phenoxy) is 2. The van der Waals surface area contributed by atoms with Crippen LogP contribution in [0.15, 0.2) is 22.6 Å². The van der Waals surface area contributed by atoms with E-state index in [2.05, 4.69) is 27.9 Å². The van der Waals surface area contributed by atoms with Gasteiger partial charge in [0.15, 0.2) is 11.5 Å². The van der Waals surface area contributed by atoms with Gasteiger partial charge in [-0.2, -0.15) is 10.2 Å². The lowest BCUT2D eigenvalue weighted by molar-refractivity contribution is 0.306. The van der Waals surface area contributed by atoms with Gasteiger partial charge in [0, 0.05) is 31.7 Å². The molecule has 0 radical (unpaired) electrons. The highest BCUT2D eigenvalue weighted by Gasteiger charge is 2.23. The molecule has 2 heterocycles. The van der Waals surface area contributed by atoms with Crippen molar-refractivity contribution in [3.8, 4) is 29.0 Å². The molecule has 1 fully saturated rings. The number of benzene rings is 1. The zero-order chi connectivity index (χ0) is 17.1. The quantitative estimate of drug-likeness (QED) is 0.849. The standard InChI is InChI=1S/C17H20N4O3/c1-20-6-8-21(9-7-20)17-13(11-18)19-16(24-17)12-4-5-14(22-2)15(10-12)23-3/h4-5,10H,6-9H2,1-3H3. The van der Waals surface area contributed by atoms with Gasteiger partial charge in [-0.1, -0.05) is 0 Å². The molecule has 1 saturated heterocycles. The van der Waals surface area contributed by atoms with Gasteiger partial charge in [-0.15, -0.1) is 0 Å². The van der Waals surface area contributed by atoms with Gasteiger partial charge in [-0.3, -0.25) is 0 Å². The Morgan fingerprint density at radius 3 is 2.46 bits per heavy atom. The summed E-state index contributed by atoms with van der Waals surface area (Å²) in [5.41, 5.74) is 1.05. The van der Waals surface area contributed by atoms with Crippen LogP contribution in [0.5, 0.6) is 11.5 Å². The van der Waals surface area contributed by atoms with Crippen LogP contribution in [0.2, 0.25) is 0 Å². The number of oxazole rings is 1. The molecule has 1 aromatic heterocycles. The maximum Gasteiger partial charge on any atom is 0.235 e. The highest BCUT2D eigenvalue weighted by Crippen LogP contribution is 2.34. The minimum atomic E-state index is 0.310. The van der Waals surface area contributed by atoms with Gasteiger partial charge in [0.05, 0.1) is 14.2 Å². The molecule has 1 aromatic carbocycles. The summed E-state index contributed by atoms with van der Waals surface area (Å²) >= 11 is 0. The molecule has 3 rings (SSSR count). The summed E-state index contributed by atoms with van der Waals surface area (Å²) in [7, 11) is 5.24. The monoisotopic (exact) mass is 328 g/mol. The molecule has 0 bridgehead atoms. The minimum absolute atomic E-state index is 0.310. The first-order valence-corrected chi connectivity index (χ1v) is 7.73. The van der Waals surface area contributed by atoms with Gasteiger partial charge in [0.25, 0.3) is 0 Å². The van der Waals surface area contributed by atoms with Crippen molar-refractivity contribution in [1.29, 1.82) is 5.26 Å². The number of nitriles is 1. The van der Waals surface area contributed by atoms with Crippen LogP contribution in [0.1, 0.15) is 5.69 Å². The fraction of sp³-hybridized carbons (Fsp3) is 0.412. The number of methoxy groups -OCH3 is 2. The second-order valence-corrected chi connectivity index (χ2v) is 5.64. The molecule has 0 atom stereocenters. The fourth-order valence-corrected chi connectivity index (χ4v) is 2.70. The molecule has 0 N–H and O–H groups in total. The van der Waals surface area contributed by atoms with E-state index in [-0.39, 0.29) is 0 Å². The zero-order valence-corrected chi connectivity index (χ0v) is 14.1. The lowest BCUT2D eigenvalue weighted by Gasteiger charge is -2.31. The average molecular weight is 328 g/mol. The fourth-order valence-electron chi connectivity index (χ4n) is 2.70. The number of anilines is 1. The molecule has 1 aliphatic heterocycles. The Morgan fingerprint density at radius 2 is 1.83 bits per heavy atom. The number of piperazine rings is 1. The maximum absolute atomic E-state index is 9.39. The molecule has 0 spiro atoms. The molecule has 1 aliphatic rings. The summed E-state index contributed by atoms with van der Waals surface area (Å²) in [5, 5.41) is 9.39. The Labute approximate surface area is 141 Å². The van der Waals surface area contributed by atoms with Crippen LogP contribution >= 0.6 is 0 Å². The summed E-state index contributed by atoms with van der Waals surface area (Å²) in [6.07, 6.45) is 0. The molecule has 0 saturated carbocycles. The lowest BCUT2D eigenvalue weighted by Crippen LogP contribution is -2.44. The Bertz CT molecular complexity index is 758. The van der Waals surface area contributed by atoms with Crippen molar-refractivity contribution in [3.63, 3.8) is 0 Å². The molecule has 7 heteroatoms. The van der Waals surface area contributed by atoms with E-state index in [0.717, 1.165) is 31.7 Å². The second kappa shape index (κ2) is 6.81. The van der Waals surface area contributed by atoms with Crippen LogP contribution in [0, 0.1) is 11.3 Å². The van der Waals surface area contributed by atoms with Crippen molar-refractivity contribution in [3.05, 3.63) is 23.9 Å². The van der Waals surface area contributed by atoms with E-state index in [1.807, 2.05) is 6.07 Å². The molecule has 0 aliphatic carbocycles. The van der Waals surface area contributed by atoms with E-state index >= 15 is 0 Å². The van der Waals surface area contributed by atoms with E-state index in [1.165, 1.54) is 0 Å². The Kier molecular flexibility index (Phi) is 4.58. The Hall–Kier alpha value is -2.72. The highest BCUT2D eigenvalue weighted by molar-refractivity contribution is 5.63. The van der Waals surface area contributed by atoms with E-state index in [9.17, 15) is 5.26 Å². The number of hydrogen-bond donors (Lipinski definition) is 0. The summed E-state index contributed by atoms with van der Waals surface area (Å²) in [4.78, 5) is 8.65. The maximum atomic E-state index is 9.39. The van der Waals surface area contributed by atoms with Crippen LogP contribution in [0.4, 0.5) is 5.88 Å². The normalized spacial score (nSPS) is 15.2. The van der Waals surface area contributed by atoms with E-state index in [0.29, 0.717) is 29.0 Å². The number of aromatic nitrogens is 1. The van der Waals surface area contributed by atoms with Crippen molar-refractivity contribution >= 4 is 5.88 Å². The third-order valence-electron chi connectivity index (χ3n) is 4.14. The molecule has 0 unspecified atom stereocenters. The van der Waals surface area contributed by atoms with Gasteiger partial charge < -0.3 is 23.7 Å². The molecular weight excluding hydrogens is 308 g/mol. The number of hydrogen-bond acceptors (Lipinski definition) is 7. The smallest absolute Gasteiger partial charge is 0.235 e. The molecule has 2 aromatic rings. The summed E-state index contributed by atoms with van der Waals surface area (Å²) in [6.45, 7) is 3.48. The first kappa shape index (κ1) is 16.1. The third kappa shape index (κ3) is 3.01. The minimum Gasteiger partial charge on any atom is -0.493 e. The van der Waals surface area contributed by atoms with Crippen molar-refractivity contribution < 1.29 is 13.9 Å². The van der Waals surface area contributed by atoms with Gasteiger partial charge >= 0.3 is 0 Å². The molecule has 7 nitrogen and oxygen atoms in total.